The highest BCUT2D eigenvalue weighted by molar-refractivity contribution is 4.94. The number of β-amino-alcohol motifs (C(OH)–C–C–N with tert-alkyl or cyclic N) is 1. The fourth-order valence-electron chi connectivity index (χ4n) is 3.15. The molecule has 1 N–H and O–H groups in total. The molecule has 0 bridgehead atoms. The molecule has 2 fully saturated rings. The van der Waals surface area contributed by atoms with Crippen molar-refractivity contribution in [2.24, 2.45) is 11.3 Å². The van der Waals surface area contributed by atoms with Gasteiger partial charge in [0.1, 0.15) is 0 Å². The number of nitrogens with zero attached hydrogens (tertiary/aromatic N) is 1. The lowest BCUT2D eigenvalue weighted by Gasteiger charge is -2.50. The first-order valence-electron chi connectivity index (χ1n) is 6.33. The monoisotopic (exact) mass is 211 g/mol. The van der Waals surface area contributed by atoms with Crippen molar-refractivity contribution in [3.8, 4) is 0 Å². The Labute approximate surface area is 93.7 Å². The predicted octanol–water partition coefficient (Wildman–Crippen LogP) is 2.27. The molecule has 0 atom stereocenters. The minimum absolute atomic E-state index is 0.372. The first-order chi connectivity index (χ1) is 6.89. The summed E-state index contributed by atoms with van der Waals surface area (Å²) in [7, 11) is 0. The molecule has 0 aromatic carbocycles. The molecule has 1 saturated carbocycles. The topological polar surface area (TPSA) is 23.5 Å². The van der Waals surface area contributed by atoms with Crippen molar-refractivity contribution in [1.29, 1.82) is 0 Å². The lowest BCUT2D eigenvalue weighted by atomic mass is 9.77. The second kappa shape index (κ2) is 3.74. The summed E-state index contributed by atoms with van der Waals surface area (Å²) in [6.45, 7) is 10.1. The standard InChI is InChI=1S/C13H25NO/c1-11-4-6-13(15,7-5-11)10-14-8-12(2,3)9-14/h11,15H,4-10H2,1-3H3. The van der Waals surface area contributed by atoms with Crippen LogP contribution in [-0.2, 0) is 0 Å². The zero-order chi connectivity index (χ0) is 11.1. The van der Waals surface area contributed by atoms with E-state index in [0.717, 1.165) is 38.4 Å². The van der Waals surface area contributed by atoms with Crippen molar-refractivity contribution in [1.82, 2.24) is 4.90 Å². The van der Waals surface area contributed by atoms with Crippen molar-refractivity contribution >= 4 is 0 Å². The summed E-state index contributed by atoms with van der Waals surface area (Å²) in [5, 5.41) is 10.5. The number of hydrogen-bond donors (Lipinski definition) is 1. The second-order valence-corrected chi connectivity index (χ2v) is 6.72. The molecule has 0 aromatic heterocycles. The van der Waals surface area contributed by atoms with Gasteiger partial charge < -0.3 is 5.11 Å². The summed E-state index contributed by atoms with van der Waals surface area (Å²) in [4.78, 5) is 2.41. The van der Waals surface area contributed by atoms with Crippen LogP contribution in [0.2, 0.25) is 0 Å². The van der Waals surface area contributed by atoms with Crippen molar-refractivity contribution < 1.29 is 5.11 Å². The van der Waals surface area contributed by atoms with Crippen molar-refractivity contribution in [2.45, 2.75) is 52.1 Å². The van der Waals surface area contributed by atoms with Gasteiger partial charge >= 0.3 is 0 Å². The van der Waals surface area contributed by atoms with E-state index in [2.05, 4.69) is 25.7 Å². The maximum atomic E-state index is 10.5. The highest BCUT2D eigenvalue weighted by Gasteiger charge is 2.40. The van der Waals surface area contributed by atoms with Gasteiger partial charge in [-0.2, -0.15) is 0 Å². The molecule has 0 unspecified atom stereocenters. The van der Waals surface area contributed by atoms with Gasteiger partial charge in [0, 0.05) is 19.6 Å². The van der Waals surface area contributed by atoms with Crippen molar-refractivity contribution in [2.75, 3.05) is 19.6 Å². The molecule has 1 saturated heterocycles. The van der Waals surface area contributed by atoms with Crippen LogP contribution in [-0.4, -0.2) is 35.2 Å². The summed E-state index contributed by atoms with van der Waals surface area (Å²) in [5.74, 6) is 0.818. The van der Waals surface area contributed by atoms with Crippen LogP contribution < -0.4 is 0 Å². The van der Waals surface area contributed by atoms with Gasteiger partial charge in [-0.15, -0.1) is 0 Å². The van der Waals surface area contributed by atoms with Crippen LogP contribution in [0.4, 0.5) is 0 Å². The van der Waals surface area contributed by atoms with E-state index in [0.29, 0.717) is 5.41 Å². The Balaban J connectivity index is 1.79. The van der Waals surface area contributed by atoms with Gasteiger partial charge in [-0.05, 0) is 37.0 Å². The lowest BCUT2D eigenvalue weighted by molar-refractivity contribution is -0.0770. The number of likely N-dealkylation sites (tertiary alicyclic amines) is 1. The second-order valence-electron chi connectivity index (χ2n) is 6.72. The Morgan fingerprint density at radius 2 is 1.73 bits per heavy atom. The Morgan fingerprint density at radius 3 is 2.20 bits per heavy atom. The van der Waals surface area contributed by atoms with Crippen LogP contribution in [0.15, 0.2) is 0 Å². The highest BCUT2D eigenvalue weighted by atomic mass is 16.3. The van der Waals surface area contributed by atoms with E-state index < -0.39 is 0 Å². The average Bonchev–Trinajstić information content (AvgIpc) is 2.08. The van der Waals surface area contributed by atoms with E-state index in [9.17, 15) is 5.11 Å². The summed E-state index contributed by atoms with van der Waals surface area (Å²) in [6, 6.07) is 0. The van der Waals surface area contributed by atoms with Gasteiger partial charge in [-0.1, -0.05) is 20.8 Å². The normalized spacial score (nSPS) is 41.2. The van der Waals surface area contributed by atoms with Gasteiger partial charge in [0.15, 0.2) is 0 Å². The maximum Gasteiger partial charge on any atom is 0.0774 e. The van der Waals surface area contributed by atoms with Gasteiger partial charge in [0.25, 0.3) is 0 Å². The SMILES string of the molecule is CC1CCC(O)(CN2CC(C)(C)C2)CC1. The van der Waals surface area contributed by atoms with E-state index in [-0.39, 0.29) is 5.60 Å². The molecule has 0 amide bonds. The Bertz CT molecular complexity index is 221. The number of aliphatic hydroxyl groups is 1. The number of hydrogen-bond acceptors (Lipinski definition) is 2. The minimum Gasteiger partial charge on any atom is -0.389 e. The first-order valence-corrected chi connectivity index (χ1v) is 6.33. The van der Waals surface area contributed by atoms with E-state index >= 15 is 0 Å². The van der Waals surface area contributed by atoms with Gasteiger partial charge in [-0.3, -0.25) is 4.90 Å². The van der Waals surface area contributed by atoms with E-state index in [1.165, 1.54) is 12.8 Å². The Kier molecular flexibility index (Phi) is 2.85. The maximum absolute atomic E-state index is 10.5. The molecule has 2 rings (SSSR count). The Hall–Kier alpha value is -0.0800. The van der Waals surface area contributed by atoms with Gasteiger partial charge in [0.2, 0.25) is 0 Å². The third-order valence-electron chi connectivity index (χ3n) is 4.03. The lowest BCUT2D eigenvalue weighted by Crippen LogP contribution is -2.58. The molecular weight excluding hydrogens is 186 g/mol. The molecule has 0 radical (unpaired) electrons. The van der Waals surface area contributed by atoms with E-state index in [1.807, 2.05) is 0 Å². The smallest absolute Gasteiger partial charge is 0.0774 e. The summed E-state index contributed by atoms with van der Waals surface area (Å²) in [5.41, 5.74) is 0.112. The quantitative estimate of drug-likeness (QED) is 0.757. The summed E-state index contributed by atoms with van der Waals surface area (Å²) < 4.78 is 0. The van der Waals surface area contributed by atoms with Crippen LogP contribution in [0.3, 0.4) is 0 Å². The van der Waals surface area contributed by atoms with Crippen LogP contribution >= 0.6 is 0 Å². The van der Waals surface area contributed by atoms with Crippen LogP contribution in [0.25, 0.3) is 0 Å². The predicted molar refractivity (Wildman–Crippen MR) is 62.8 cm³/mol. The molecule has 0 spiro atoms. The first kappa shape index (κ1) is 11.4. The fraction of sp³-hybridized carbons (Fsp3) is 1.00. The molecule has 15 heavy (non-hydrogen) atoms. The zero-order valence-electron chi connectivity index (χ0n) is 10.4. The van der Waals surface area contributed by atoms with Crippen molar-refractivity contribution in [3.63, 3.8) is 0 Å². The molecule has 2 aliphatic rings. The molecule has 2 heteroatoms. The average molecular weight is 211 g/mol. The van der Waals surface area contributed by atoms with Crippen LogP contribution in [0.1, 0.15) is 46.5 Å². The van der Waals surface area contributed by atoms with E-state index in [4.69, 9.17) is 0 Å². The molecule has 0 aromatic rings. The third-order valence-corrected chi connectivity index (χ3v) is 4.03. The van der Waals surface area contributed by atoms with Crippen LogP contribution in [0, 0.1) is 11.3 Å². The molecule has 88 valence electrons. The molecule has 1 aliphatic carbocycles. The highest BCUT2D eigenvalue weighted by Crippen LogP contribution is 2.36. The van der Waals surface area contributed by atoms with Crippen LogP contribution in [0.5, 0.6) is 0 Å². The fourth-order valence-corrected chi connectivity index (χ4v) is 3.15. The summed E-state index contributed by atoms with van der Waals surface area (Å²) >= 11 is 0. The Morgan fingerprint density at radius 1 is 1.20 bits per heavy atom. The summed E-state index contributed by atoms with van der Waals surface area (Å²) in [6.07, 6.45) is 4.41. The molecule has 2 nitrogen and oxygen atoms in total. The molecule has 1 heterocycles. The number of rotatable bonds is 2. The van der Waals surface area contributed by atoms with Crippen molar-refractivity contribution in [3.05, 3.63) is 0 Å². The largest absolute Gasteiger partial charge is 0.389 e. The molecule has 1 aliphatic heterocycles. The van der Waals surface area contributed by atoms with Gasteiger partial charge in [-0.25, -0.2) is 0 Å². The van der Waals surface area contributed by atoms with Gasteiger partial charge in [0.05, 0.1) is 5.60 Å². The van der Waals surface area contributed by atoms with E-state index in [1.54, 1.807) is 0 Å². The molecular formula is C13H25NO. The third kappa shape index (κ3) is 2.73. The minimum atomic E-state index is -0.372. The zero-order valence-corrected chi connectivity index (χ0v) is 10.4.